The molecule has 21 heavy (non-hydrogen) atoms. The van der Waals surface area contributed by atoms with Gasteiger partial charge in [0.2, 0.25) is 0 Å². The van der Waals surface area contributed by atoms with Crippen molar-refractivity contribution in [3.63, 3.8) is 0 Å². The zero-order valence-corrected chi connectivity index (χ0v) is 13.4. The van der Waals surface area contributed by atoms with Crippen molar-refractivity contribution in [2.24, 2.45) is 0 Å². The Bertz CT molecular complexity index is 589. The Morgan fingerprint density at radius 3 is 2.71 bits per heavy atom. The van der Waals surface area contributed by atoms with Gasteiger partial charge in [-0.1, -0.05) is 28.1 Å². The molecule has 2 N–H and O–H groups in total. The lowest BCUT2D eigenvalue weighted by molar-refractivity contribution is 0.196. The molecular weight excluding hydrogens is 334 g/mol. The maximum atomic E-state index is 8.85. The monoisotopic (exact) mass is 351 g/mol. The standard InChI is InChI=1S/C16H18BrNO3/c1-20-15-6-5-14(10-16(15)21-8-7-19)18-11-12-3-2-4-13(17)9-12/h2-6,9-10,18-19H,7-8,11H2,1H3. The molecule has 0 spiro atoms. The van der Waals surface area contributed by atoms with Crippen molar-refractivity contribution in [1.82, 2.24) is 0 Å². The topological polar surface area (TPSA) is 50.7 Å². The van der Waals surface area contributed by atoms with Gasteiger partial charge in [-0.3, -0.25) is 0 Å². The first-order valence-corrected chi connectivity index (χ1v) is 7.42. The lowest BCUT2D eigenvalue weighted by Gasteiger charge is -2.13. The largest absolute Gasteiger partial charge is 0.493 e. The maximum absolute atomic E-state index is 8.85. The van der Waals surface area contributed by atoms with Gasteiger partial charge in [0.1, 0.15) is 6.61 Å². The normalized spacial score (nSPS) is 10.2. The summed E-state index contributed by atoms with van der Waals surface area (Å²) in [5.74, 6) is 1.27. The molecule has 0 saturated carbocycles. The summed E-state index contributed by atoms with van der Waals surface area (Å²) in [6.07, 6.45) is 0. The van der Waals surface area contributed by atoms with Crippen LogP contribution in [-0.2, 0) is 6.54 Å². The van der Waals surface area contributed by atoms with E-state index >= 15 is 0 Å². The quantitative estimate of drug-likeness (QED) is 0.802. The highest BCUT2D eigenvalue weighted by atomic mass is 79.9. The number of rotatable bonds is 7. The van der Waals surface area contributed by atoms with Crippen molar-refractivity contribution in [2.75, 3.05) is 25.6 Å². The van der Waals surface area contributed by atoms with Gasteiger partial charge in [-0.25, -0.2) is 0 Å². The summed E-state index contributed by atoms with van der Waals surface area (Å²) in [4.78, 5) is 0. The van der Waals surface area contributed by atoms with E-state index in [4.69, 9.17) is 14.6 Å². The van der Waals surface area contributed by atoms with E-state index in [1.54, 1.807) is 7.11 Å². The van der Waals surface area contributed by atoms with Crippen LogP contribution in [0.5, 0.6) is 11.5 Å². The Balaban J connectivity index is 2.06. The van der Waals surface area contributed by atoms with E-state index in [-0.39, 0.29) is 13.2 Å². The molecule has 0 aromatic heterocycles. The molecule has 0 amide bonds. The molecule has 2 aromatic carbocycles. The van der Waals surface area contributed by atoms with Crippen LogP contribution in [-0.4, -0.2) is 25.4 Å². The Labute approximate surface area is 132 Å². The Morgan fingerprint density at radius 2 is 2.00 bits per heavy atom. The molecule has 0 bridgehead atoms. The summed E-state index contributed by atoms with van der Waals surface area (Å²) >= 11 is 3.46. The van der Waals surface area contributed by atoms with Crippen LogP contribution in [0.25, 0.3) is 0 Å². The van der Waals surface area contributed by atoms with Gasteiger partial charge in [0.25, 0.3) is 0 Å². The third kappa shape index (κ3) is 4.65. The number of hydrogen-bond donors (Lipinski definition) is 2. The molecule has 112 valence electrons. The van der Waals surface area contributed by atoms with E-state index in [0.717, 1.165) is 10.2 Å². The third-order valence-corrected chi connectivity index (χ3v) is 3.39. The second-order valence-corrected chi connectivity index (χ2v) is 5.34. The number of nitrogens with one attached hydrogen (secondary N) is 1. The number of aliphatic hydroxyl groups excluding tert-OH is 1. The summed E-state index contributed by atoms with van der Waals surface area (Å²) in [7, 11) is 1.59. The highest BCUT2D eigenvalue weighted by Crippen LogP contribution is 2.30. The molecular formula is C16H18BrNO3. The number of hydrogen-bond acceptors (Lipinski definition) is 4. The van der Waals surface area contributed by atoms with E-state index in [1.807, 2.05) is 30.3 Å². The number of benzene rings is 2. The third-order valence-electron chi connectivity index (χ3n) is 2.90. The molecule has 0 atom stereocenters. The molecule has 0 unspecified atom stereocenters. The van der Waals surface area contributed by atoms with E-state index in [9.17, 15) is 0 Å². The average molecular weight is 352 g/mol. The summed E-state index contributed by atoms with van der Waals surface area (Å²) in [6, 6.07) is 13.8. The number of anilines is 1. The van der Waals surface area contributed by atoms with Crippen molar-refractivity contribution in [1.29, 1.82) is 0 Å². The maximum Gasteiger partial charge on any atom is 0.163 e. The zero-order valence-electron chi connectivity index (χ0n) is 11.8. The molecule has 0 heterocycles. The lowest BCUT2D eigenvalue weighted by Crippen LogP contribution is -2.04. The van der Waals surface area contributed by atoms with Crippen LogP contribution in [0.1, 0.15) is 5.56 Å². The Hall–Kier alpha value is -1.72. The fourth-order valence-electron chi connectivity index (χ4n) is 1.91. The van der Waals surface area contributed by atoms with E-state index in [0.29, 0.717) is 18.0 Å². The van der Waals surface area contributed by atoms with Crippen molar-refractivity contribution in [2.45, 2.75) is 6.54 Å². The van der Waals surface area contributed by atoms with Gasteiger partial charge < -0.3 is 19.9 Å². The van der Waals surface area contributed by atoms with Gasteiger partial charge in [0.15, 0.2) is 11.5 Å². The summed E-state index contributed by atoms with van der Waals surface area (Å²) in [5, 5.41) is 12.2. The van der Waals surface area contributed by atoms with Crippen LogP contribution in [0.15, 0.2) is 46.9 Å². The van der Waals surface area contributed by atoms with Gasteiger partial charge >= 0.3 is 0 Å². The van der Waals surface area contributed by atoms with Crippen molar-refractivity contribution in [3.05, 3.63) is 52.5 Å². The van der Waals surface area contributed by atoms with E-state index in [1.165, 1.54) is 5.56 Å². The summed E-state index contributed by atoms with van der Waals surface area (Å²) in [5.41, 5.74) is 2.11. The fraction of sp³-hybridized carbons (Fsp3) is 0.250. The van der Waals surface area contributed by atoms with E-state index < -0.39 is 0 Å². The van der Waals surface area contributed by atoms with Crippen LogP contribution >= 0.6 is 15.9 Å². The number of ether oxygens (including phenoxy) is 2. The van der Waals surface area contributed by atoms with Gasteiger partial charge in [-0.15, -0.1) is 0 Å². The van der Waals surface area contributed by atoms with Crippen LogP contribution in [0, 0.1) is 0 Å². The summed E-state index contributed by atoms with van der Waals surface area (Å²) < 4.78 is 11.8. The minimum Gasteiger partial charge on any atom is -0.493 e. The predicted molar refractivity (Wildman–Crippen MR) is 87.0 cm³/mol. The number of halogens is 1. The molecule has 0 saturated heterocycles. The van der Waals surface area contributed by atoms with Gasteiger partial charge in [0, 0.05) is 22.8 Å². The average Bonchev–Trinajstić information content (AvgIpc) is 2.51. The van der Waals surface area contributed by atoms with E-state index in [2.05, 4.69) is 33.4 Å². The fourth-order valence-corrected chi connectivity index (χ4v) is 2.35. The van der Waals surface area contributed by atoms with Gasteiger partial charge in [0.05, 0.1) is 13.7 Å². The van der Waals surface area contributed by atoms with Gasteiger partial charge in [-0.05, 0) is 29.8 Å². The molecule has 4 nitrogen and oxygen atoms in total. The molecule has 0 aliphatic carbocycles. The van der Waals surface area contributed by atoms with Crippen molar-refractivity contribution in [3.8, 4) is 11.5 Å². The van der Waals surface area contributed by atoms with Crippen LogP contribution in [0.2, 0.25) is 0 Å². The minimum absolute atomic E-state index is 0.0289. The second kappa shape index (κ2) is 7.90. The molecule has 5 heteroatoms. The molecule has 2 aromatic rings. The summed E-state index contributed by atoms with van der Waals surface area (Å²) in [6.45, 7) is 0.926. The SMILES string of the molecule is COc1ccc(NCc2cccc(Br)c2)cc1OCCO. The predicted octanol–water partition coefficient (Wildman–Crippen LogP) is 3.44. The Morgan fingerprint density at radius 1 is 1.14 bits per heavy atom. The smallest absolute Gasteiger partial charge is 0.163 e. The first kappa shape index (κ1) is 15.7. The van der Waals surface area contributed by atoms with Crippen molar-refractivity contribution < 1.29 is 14.6 Å². The van der Waals surface area contributed by atoms with Crippen LogP contribution in [0.3, 0.4) is 0 Å². The second-order valence-electron chi connectivity index (χ2n) is 4.42. The Kier molecular flexibility index (Phi) is 5.90. The highest BCUT2D eigenvalue weighted by Gasteiger charge is 2.05. The molecule has 2 rings (SSSR count). The lowest BCUT2D eigenvalue weighted by atomic mass is 10.2. The van der Waals surface area contributed by atoms with Crippen molar-refractivity contribution >= 4 is 21.6 Å². The minimum atomic E-state index is -0.0289. The molecule has 0 fully saturated rings. The first-order chi connectivity index (χ1) is 10.2. The molecule has 0 aliphatic rings. The zero-order chi connectivity index (χ0) is 15.1. The van der Waals surface area contributed by atoms with Crippen LogP contribution in [0.4, 0.5) is 5.69 Å². The van der Waals surface area contributed by atoms with Gasteiger partial charge in [-0.2, -0.15) is 0 Å². The highest BCUT2D eigenvalue weighted by molar-refractivity contribution is 9.10. The molecule has 0 aliphatic heterocycles. The van der Waals surface area contributed by atoms with Crippen LogP contribution < -0.4 is 14.8 Å². The number of methoxy groups -OCH3 is 1. The molecule has 0 radical (unpaired) electrons. The number of aliphatic hydroxyl groups is 1. The first-order valence-electron chi connectivity index (χ1n) is 6.63.